The number of esters is 1. The van der Waals surface area contributed by atoms with Gasteiger partial charge in [-0.3, -0.25) is 4.79 Å². The third-order valence-corrected chi connectivity index (χ3v) is 2.90. The largest absolute Gasteiger partial charge is 0.426 e. The van der Waals surface area contributed by atoms with Crippen LogP contribution in [0.4, 0.5) is 0 Å². The van der Waals surface area contributed by atoms with Crippen molar-refractivity contribution in [3.8, 4) is 5.75 Å². The minimum absolute atomic E-state index is 0.160. The van der Waals surface area contributed by atoms with Crippen LogP contribution in [0.15, 0.2) is 24.3 Å². The van der Waals surface area contributed by atoms with Crippen molar-refractivity contribution in [3.63, 3.8) is 0 Å². The Morgan fingerprint density at radius 3 is 2.61 bits per heavy atom. The molecule has 2 N–H and O–H groups in total. The van der Waals surface area contributed by atoms with Gasteiger partial charge in [0, 0.05) is 18.5 Å². The molecule has 0 fully saturated rings. The summed E-state index contributed by atoms with van der Waals surface area (Å²) in [6.45, 7) is 2.57. The van der Waals surface area contributed by atoms with Crippen molar-refractivity contribution < 1.29 is 9.53 Å². The lowest BCUT2D eigenvalue weighted by Gasteiger charge is -2.08. The standard InChI is InChI=1S/C15H23NO2/c1-2-3-4-5-6-11-15(17)18-14-10-8-7-9-13(14)12-16/h7-10H,2-6,11-12,16H2,1H3. The molecule has 100 valence electrons. The Morgan fingerprint density at radius 2 is 1.89 bits per heavy atom. The first kappa shape index (κ1) is 14.7. The number of hydrogen-bond acceptors (Lipinski definition) is 3. The minimum Gasteiger partial charge on any atom is -0.426 e. The van der Waals surface area contributed by atoms with Crippen LogP contribution < -0.4 is 10.5 Å². The van der Waals surface area contributed by atoms with Crippen LogP contribution in [-0.2, 0) is 11.3 Å². The van der Waals surface area contributed by atoms with E-state index >= 15 is 0 Å². The van der Waals surface area contributed by atoms with Crippen LogP contribution in [0.3, 0.4) is 0 Å². The highest BCUT2D eigenvalue weighted by Gasteiger charge is 2.07. The molecule has 0 aliphatic carbocycles. The molecule has 0 radical (unpaired) electrons. The van der Waals surface area contributed by atoms with Crippen LogP contribution in [0.1, 0.15) is 51.0 Å². The predicted molar refractivity (Wildman–Crippen MR) is 73.3 cm³/mol. The van der Waals surface area contributed by atoms with Gasteiger partial charge in [-0.15, -0.1) is 0 Å². The van der Waals surface area contributed by atoms with Crippen molar-refractivity contribution in [1.29, 1.82) is 0 Å². The predicted octanol–water partition coefficient (Wildman–Crippen LogP) is 3.41. The normalized spacial score (nSPS) is 10.3. The van der Waals surface area contributed by atoms with E-state index in [9.17, 15) is 4.79 Å². The van der Waals surface area contributed by atoms with E-state index < -0.39 is 0 Å². The van der Waals surface area contributed by atoms with Crippen LogP contribution in [0.25, 0.3) is 0 Å². The Bertz CT molecular complexity index is 363. The van der Waals surface area contributed by atoms with Gasteiger partial charge in [0.05, 0.1) is 0 Å². The Morgan fingerprint density at radius 1 is 1.17 bits per heavy atom. The van der Waals surface area contributed by atoms with Gasteiger partial charge in [0.1, 0.15) is 5.75 Å². The Labute approximate surface area is 109 Å². The molecule has 3 heteroatoms. The van der Waals surface area contributed by atoms with Crippen LogP contribution in [-0.4, -0.2) is 5.97 Å². The number of benzene rings is 1. The van der Waals surface area contributed by atoms with E-state index in [-0.39, 0.29) is 5.97 Å². The highest BCUT2D eigenvalue weighted by molar-refractivity contribution is 5.72. The first-order chi connectivity index (χ1) is 8.77. The molecular formula is C15H23NO2. The quantitative estimate of drug-likeness (QED) is 0.436. The maximum absolute atomic E-state index is 11.7. The molecule has 0 atom stereocenters. The van der Waals surface area contributed by atoms with E-state index in [1.54, 1.807) is 6.07 Å². The number of rotatable bonds is 8. The molecule has 3 nitrogen and oxygen atoms in total. The molecule has 18 heavy (non-hydrogen) atoms. The van der Waals surface area contributed by atoms with Gasteiger partial charge in [0.15, 0.2) is 0 Å². The van der Waals surface area contributed by atoms with Gasteiger partial charge in [0.25, 0.3) is 0 Å². The molecule has 0 aromatic heterocycles. The van der Waals surface area contributed by atoms with Crippen LogP contribution in [0.2, 0.25) is 0 Å². The summed E-state index contributed by atoms with van der Waals surface area (Å²) in [5.74, 6) is 0.436. The molecule has 0 aliphatic heterocycles. The zero-order valence-electron chi connectivity index (χ0n) is 11.2. The number of hydrogen-bond donors (Lipinski definition) is 1. The first-order valence-corrected chi connectivity index (χ1v) is 6.76. The summed E-state index contributed by atoms with van der Waals surface area (Å²) in [5.41, 5.74) is 6.46. The maximum atomic E-state index is 11.7. The van der Waals surface area contributed by atoms with Crippen molar-refractivity contribution in [2.24, 2.45) is 5.73 Å². The van der Waals surface area contributed by atoms with Gasteiger partial charge >= 0.3 is 5.97 Å². The lowest BCUT2D eigenvalue weighted by Crippen LogP contribution is -2.10. The number of nitrogens with two attached hydrogens (primary N) is 1. The van der Waals surface area contributed by atoms with Crippen LogP contribution >= 0.6 is 0 Å². The average molecular weight is 249 g/mol. The molecule has 1 aromatic carbocycles. The zero-order valence-corrected chi connectivity index (χ0v) is 11.2. The summed E-state index contributed by atoms with van der Waals surface area (Å²) >= 11 is 0. The number of carbonyl (C=O) groups is 1. The second-order valence-electron chi connectivity index (χ2n) is 4.45. The van der Waals surface area contributed by atoms with Crippen molar-refractivity contribution in [1.82, 2.24) is 0 Å². The Hall–Kier alpha value is -1.35. The summed E-state index contributed by atoms with van der Waals surface area (Å²) in [5, 5.41) is 0. The van der Waals surface area contributed by atoms with Crippen molar-refractivity contribution in [3.05, 3.63) is 29.8 Å². The maximum Gasteiger partial charge on any atom is 0.311 e. The van der Waals surface area contributed by atoms with Gasteiger partial charge in [-0.1, -0.05) is 50.8 Å². The van der Waals surface area contributed by atoms with Gasteiger partial charge < -0.3 is 10.5 Å². The molecule has 0 aliphatic rings. The molecule has 1 rings (SSSR count). The van der Waals surface area contributed by atoms with Gasteiger partial charge in [0.2, 0.25) is 0 Å². The van der Waals surface area contributed by atoms with Crippen LogP contribution in [0, 0.1) is 0 Å². The van der Waals surface area contributed by atoms with E-state index in [0.29, 0.717) is 18.7 Å². The SMILES string of the molecule is CCCCCCCC(=O)Oc1ccccc1CN. The third-order valence-electron chi connectivity index (χ3n) is 2.90. The van der Waals surface area contributed by atoms with Gasteiger partial charge in [-0.2, -0.15) is 0 Å². The van der Waals surface area contributed by atoms with Crippen molar-refractivity contribution in [2.45, 2.75) is 52.0 Å². The third kappa shape index (κ3) is 5.32. The molecule has 0 spiro atoms. The smallest absolute Gasteiger partial charge is 0.311 e. The Kier molecular flexibility index (Phi) is 7.11. The lowest BCUT2D eigenvalue weighted by molar-refractivity contribution is -0.134. The molecule has 1 aromatic rings. The van der Waals surface area contributed by atoms with Crippen molar-refractivity contribution in [2.75, 3.05) is 0 Å². The monoisotopic (exact) mass is 249 g/mol. The highest BCUT2D eigenvalue weighted by Crippen LogP contribution is 2.18. The summed E-state index contributed by atoms with van der Waals surface area (Å²) < 4.78 is 5.32. The van der Waals surface area contributed by atoms with E-state index in [1.165, 1.54) is 19.3 Å². The second kappa shape index (κ2) is 8.70. The molecule has 0 amide bonds. The van der Waals surface area contributed by atoms with E-state index in [0.717, 1.165) is 18.4 Å². The second-order valence-corrected chi connectivity index (χ2v) is 4.45. The fourth-order valence-corrected chi connectivity index (χ4v) is 1.82. The molecular weight excluding hydrogens is 226 g/mol. The lowest BCUT2D eigenvalue weighted by atomic mass is 10.1. The van der Waals surface area contributed by atoms with E-state index in [2.05, 4.69) is 6.92 Å². The molecule has 0 unspecified atom stereocenters. The van der Waals surface area contributed by atoms with Crippen molar-refractivity contribution >= 4 is 5.97 Å². The summed E-state index contributed by atoms with van der Waals surface area (Å²) in [4.78, 5) is 11.7. The summed E-state index contributed by atoms with van der Waals surface area (Å²) in [7, 11) is 0. The first-order valence-electron chi connectivity index (χ1n) is 6.76. The van der Waals surface area contributed by atoms with Crippen LogP contribution in [0.5, 0.6) is 5.75 Å². The van der Waals surface area contributed by atoms with Gasteiger partial charge in [-0.05, 0) is 12.5 Å². The summed E-state index contributed by atoms with van der Waals surface area (Å²) in [6.07, 6.45) is 6.15. The Balaban J connectivity index is 2.31. The average Bonchev–Trinajstić information content (AvgIpc) is 2.39. The number of carbonyl (C=O) groups excluding carboxylic acids is 1. The summed E-state index contributed by atoms with van der Waals surface area (Å²) in [6, 6.07) is 7.41. The fraction of sp³-hybridized carbons (Fsp3) is 0.533. The van der Waals surface area contributed by atoms with E-state index in [1.807, 2.05) is 18.2 Å². The zero-order chi connectivity index (χ0) is 13.2. The number of para-hydroxylation sites is 1. The number of ether oxygens (including phenoxy) is 1. The molecule has 0 saturated heterocycles. The van der Waals surface area contributed by atoms with E-state index in [4.69, 9.17) is 10.5 Å². The topological polar surface area (TPSA) is 52.3 Å². The fourth-order valence-electron chi connectivity index (χ4n) is 1.82. The molecule has 0 saturated carbocycles. The minimum atomic E-state index is -0.160. The number of unbranched alkanes of at least 4 members (excludes halogenated alkanes) is 4. The molecule has 0 bridgehead atoms. The molecule has 0 heterocycles. The van der Waals surface area contributed by atoms with Gasteiger partial charge in [-0.25, -0.2) is 0 Å². The highest BCUT2D eigenvalue weighted by atomic mass is 16.5.